The van der Waals surface area contributed by atoms with Crippen LogP contribution in [0, 0.1) is 0 Å². The van der Waals surface area contributed by atoms with Gasteiger partial charge in [0.05, 0.1) is 6.42 Å². The van der Waals surface area contributed by atoms with E-state index in [1.807, 2.05) is 0 Å². The lowest BCUT2D eigenvalue weighted by Crippen LogP contribution is -2.14. The second kappa shape index (κ2) is 5.11. The lowest BCUT2D eigenvalue weighted by atomic mass is 10.1. The van der Waals surface area contributed by atoms with Crippen molar-refractivity contribution in [2.45, 2.75) is 19.8 Å². The molecule has 0 fully saturated rings. The van der Waals surface area contributed by atoms with Gasteiger partial charge in [0.15, 0.2) is 0 Å². The third-order valence-electron chi connectivity index (χ3n) is 2.02. The van der Waals surface area contributed by atoms with Crippen LogP contribution in [0.4, 0.5) is 5.82 Å². The topological polar surface area (TPSA) is 109 Å². The van der Waals surface area contributed by atoms with Crippen LogP contribution in [-0.2, 0) is 11.2 Å². The van der Waals surface area contributed by atoms with Gasteiger partial charge in [-0.15, -0.1) is 0 Å². The molecule has 4 N–H and O–H groups in total. The first-order valence-electron chi connectivity index (χ1n) is 4.70. The number of aromatic nitrogens is 2. The number of carbonyl (C=O) groups is 1. The first-order valence-corrected chi connectivity index (χ1v) is 4.70. The number of anilines is 1. The molecule has 0 aliphatic rings. The highest BCUT2D eigenvalue weighted by atomic mass is 16.4. The zero-order chi connectivity index (χ0) is 12.1. The van der Waals surface area contributed by atoms with Gasteiger partial charge in [-0.1, -0.05) is 11.6 Å². The molecule has 0 saturated carbocycles. The van der Waals surface area contributed by atoms with E-state index in [-0.39, 0.29) is 12.2 Å². The molecule has 0 unspecified atom stereocenters. The van der Waals surface area contributed by atoms with Gasteiger partial charge >= 0.3 is 11.7 Å². The molecular weight excluding hydrogens is 210 g/mol. The third-order valence-corrected chi connectivity index (χ3v) is 2.02. The maximum Gasteiger partial charge on any atom is 0.346 e. The Hall–Kier alpha value is -2.11. The Morgan fingerprint density at radius 1 is 1.69 bits per heavy atom. The molecule has 0 radical (unpaired) electrons. The van der Waals surface area contributed by atoms with E-state index in [1.165, 1.54) is 6.20 Å². The van der Waals surface area contributed by atoms with Crippen molar-refractivity contribution < 1.29 is 9.90 Å². The number of nitrogens with two attached hydrogens (primary N) is 1. The molecule has 0 saturated heterocycles. The van der Waals surface area contributed by atoms with Crippen molar-refractivity contribution >= 4 is 11.8 Å². The Balaban J connectivity index is 2.76. The van der Waals surface area contributed by atoms with Gasteiger partial charge in [-0.2, -0.15) is 0 Å². The van der Waals surface area contributed by atoms with Crippen LogP contribution in [0.5, 0.6) is 0 Å². The number of hydrogen-bond donors (Lipinski definition) is 3. The fourth-order valence-electron chi connectivity index (χ4n) is 1.21. The fourth-order valence-corrected chi connectivity index (χ4v) is 1.21. The quantitative estimate of drug-likeness (QED) is 0.636. The number of rotatable bonds is 4. The van der Waals surface area contributed by atoms with Crippen molar-refractivity contribution in [3.8, 4) is 0 Å². The molecule has 16 heavy (non-hydrogen) atoms. The van der Waals surface area contributed by atoms with E-state index in [0.717, 1.165) is 5.57 Å². The number of carboxylic acid groups (broad SMARTS) is 1. The lowest BCUT2D eigenvalue weighted by molar-refractivity contribution is -0.136. The molecule has 1 aromatic rings. The Morgan fingerprint density at radius 3 is 2.94 bits per heavy atom. The number of aromatic amines is 1. The third kappa shape index (κ3) is 3.56. The number of aliphatic carboxylic acids is 1. The summed E-state index contributed by atoms with van der Waals surface area (Å²) in [4.78, 5) is 27.1. The van der Waals surface area contributed by atoms with Gasteiger partial charge in [-0.25, -0.2) is 9.78 Å². The summed E-state index contributed by atoms with van der Waals surface area (Å²) in [5.41, 5.74) is 6.64. The summed E-state index contributed by atoms with van der Waals surface area (Å²) in [5, 5.41) is 8.49. The Labute approximate surface area is 91.8 Å². The van der Waals surface area contributed by atoms with E-state index in [2.05, 4.69) is 9.97 Å². The maximum absolute atomic E-state index is 10.8. The van der Waals surface area contributed by atoms with E-state index in [1.54, 1.807) is 13.0 Å². The molecule has 1 heterocycles. The van der Waals surface area contributed by atoms with Gasteiger partial charge in [0.25, 0.3) is 0 Å². The van der Waals surface area contributed by atoms with Crippen LogP contribution in [0.15, 0.2) is 22.6 Å². The number of carboxylic acids is 1. The minimum Gasteiger partial charge on any atom is -0.481 e. The standard InChI is InChI=1S/C10H13N3O3/c1-6(2-3-8(14)15)4-7-5-12-10(16)13-9(7)11/h2,5H,3-4H2,1H3,(H,14,15)(H3,11,12,13,16). The molecule has 0 spiro atoms. The van der Waals surface area contributed by atoms with Crippen molar-refractivity contribution in [3.63, 3.8) is 0 Å². The predicted octanol–water partition coefficient (Wildman–Crippen LogP) is 0.316. The Morgan fingerprint density at radius 2 is 2.38 bits per heavy atom. The van der Waals surface area contributed by atoms with Crippen molar-refractivity contribution in [2.75, 3.05) is 5.73 Å². The molecular formula is C10H13N3O3. The van der Waals surface area contributed by atoms with Gasteiger partial charge in [0.2, 0.25) is 0 Å². The maximum atomic E-state index is 10.8. The summed E-state index contributed by atoms with van der Waals surface area (Å²) in [7, 11) is 0. The van der Waals surface area contributed by atoms with Crippen LogP contribution in [-0.4, -0.2) is 21.0 Å². The highest BCUT2D eigenvalue weighted by Gasteiger charge is 2.02. The lowest BCUT2D eigenvalue weighted by Gasteiger charge is -2.03. The van der Waals surface area contributed by atoms with E-state index < -0.39 is 11.7 Å². The van der Waals surface area contributed by atoms with Crippen LogP contribution in [0.25, 0.3) is 0 Å². The molecule has 0 atom stereocenters. The van der Waals surface area contributed by atoms with Crippen LogP contribution in [0.1, 0.15) is 18.9 Å². The van der Waals surface area contributed by atoms with Crippen LogP contribution in [0.2, 0.25) is 0 Å². The molecule has 0 aromatic carbocycles. The molecule has 0 bridgehead atoms. The summed E-state index contributed by atoms with van der Waals surface area (Å²) in [6.45, 7) is 1.80. The number of hydrogen-bond acceptors (Lipinski definition) is 4. The molecule has 0 aliphatic heterocycles. The van der Waals surface area contributed by atoms with Gasteiger partial charge < -0.3 is 10.8 Å². The number of nitrogen functional groups attached to an aromatic ring is 1. The number of H-pyrrole nitrogens is 1. The number of nitrogens with one attached hydrogen (secondary N) is 1. The summed E-state index contributed by atoms with van der Waals surface area (Å²) < 4.78 is 0. The van der Waals surface area contributed by atoms with Crippen LogP contribution >= 0.6 is 0 Å². The van der Waals surface area contributed by atoms with Crippen molar-refractivity contribution in [2.24, 2.45) is 0 Å². The molecule has 0 amide bonds. The van der Waals surface area contributed by atoms with E-state index >= 15 is 0 Å². The smallest absolute Gasteiger partial charge is 0.346 e. The molecule has 0 aliphatic carbocycles. The average molecular weight is 223 g/mol. The van der Waals surface area contributed by atoms with Crippen molar-refractivity contribution in [1.29, 1.82) is 0 Å². The summed E-state index contributed by atoms with van der Waals surface area (Å²) in [5.74, 6) is -0.616. The normalized spacial score (nSPS) is 11.4. The van der Waals surface area contributed by atoms with E-state index in [4.69, 9.17) is 10.8 Å². The second-order valence-corrected chi connectivity index (χ2v) is 3.45. The van der Waals surface area contributed by atoms with Gasteiger partial charge in [-0.05, 0) is 13.3 Å². The zero-order valence-corrected chi connectivity index (χ0v) is 8.86. The van der Waals surface area contributed by atoms with Gasteiger partial charge in [-0.3, -0.25) is 9.78 Å². The molecule has 6 heteroatoms. The van der Waals surface area contributed by atoms with E-state index in [0.29, 0.717) is 12.0 Å². The second-order valence-electron chi connectivity index (χ2n) is 3.45. The summed E-state index contributed by atoms with van der Waals surface area (Å²) >= 11 is 0. The van der Waals surface area contributed by atoms with Crippen LogP contribution in [0.3, 0.4) is 0 Å². The molecule has 1 rings (SSSR count). The first-order chi connectivity index (χ1) is 7.49. The zero-order valence-electron chi connectivity index (χ0n) is 8.86. The largest absolute Gasteiger partial charge is 0.481 e. The number of nitrogens with zero attached hydrogens (tertiary/aromatic N) is 1. The fraction of sp³-hybridized carbons (Fsp3) is 0.300. The van der Waals surface area contributed by atoms with Crippen molar-refractivity contribution in [3.05, 3.63) is 33.9 Å². The molecule has 1 aromatic heterocycles. The Bertz CT molecular complexity index is 476. The number of allylic oxidation sites excluding steroid dienone is 1. The van der Waals surface area contributed by atoms with Gasteiger partial charge in [0.1, 0.15) is 5.82 Å². The highest BCUT2D eigenvalue weighted by molar-refractivity contribution is 5.68. The molecule has 6 nitrogen and oxygen atoms in total. The highest BCUT2D eigenvalue weighted by Crippen LogP contribution is 2.10. The van der Waals surface area contributed by atoms with E-state index in [9.17, 15) is 9.59 Å². The SMILES string of the molecule is CC(=CCC(=O)O)Cc1cnc(=O)[nH]c1N. The minimum absolute atomic E-state index is 0.0253. The minimum atomic E-state index is -0.882. The van der Waals surface area contributed by atoms with Gasteiger partial charge in [0, 0.05) is 11.8 Å². The summed E-state index contributed by atoms with van der Waals surface area (Å²) in [6, 6.07) is 0. The van der Waals surface area contributed by atoms with Crippen molar-refractivity contribution in [1.82, 2.24) is 9.97 Å². The molecule has 86 valence electrons. The monoisotopic (exact) mass is 223 g/mol. The Kier molecular flexibility index (Phi) is 3.82. The predicted molar refractivity (Wildman–Crippen MR) is 59.0 cm³/mol. The average Bonchev–Trinajstić information content (AvgIpc) is 2.19. The summed E-state index contributed by atoms with van der Waals surface area (Å²) in [6.07, 6.45) is 3.45. The van der Waals surface area contributed by atoms with Crippen LogP contribution < -0.4 is 11.4 Å². The first kappa shape index (κ1) is 12.0.